The zero-order chi connectivity index (χ0) is 11.5. The van der Waals surface area contributed by atoms with Crippen LogP contribution in [-0.2, 0) is 15.9 Å². The fourth-order valence-electron chi connectivity index (χ4n) is 1.83. The van der Waals surface area contributed by atoms with Crippen molar-refractivity contribution >= 4 is 6.08 Å². The summed E-state index contributed by atoms with van der Waals surface area (Å²) in [6, 6.07) is 2.02. The Kier molecular flexibility index (Phi) is 2.95. The van der Waals surface area contributed by atoms with E-state index in [-0.39, 0.29) is 0 Å². The van der Waals surface area contributed by atoms with Crippen LogP contribution in [0.1, 0.15) is 16.8 Å². The summed E-state index contributed by atoms with van der Waals surface area (Å²) in [6.45, 7) is 2.09. The van der Waals surface area contributed by atoms with Crippen molar-refractivity contribution in [2.24, 2.45) is 0 Å². The van der Waals surface area contributed by atoms with E-state index in [4.69, 9.17) is 9.47 Å². The Hall–Kier alpha value is -1.77. The molecular weight excluding hydrogens is 202 g/mol. The highest BCUT2D eigenvalue weighted by Crippen LogP contribution is 2.24. The zero-order valence-electron chi connectivity index (χ0n) is 9.78. The Balaban J connectivity index is 2.54. The molecule has 3 nitrogen and oxygen atoms in total. The van der Waals surface area contributed by atoms with E-state index in [9.17, 15) is 0 Å². The third kappa shape index (κ3) is 1.81. The van der Waals surface area contributed by atoms with Crippen LogP contribution in [0.3, 0.4) is 0 Å². The predicted molar refractivity (Wildman–Crippen MR) is 62.8 cm³/mol. The molecule has 0 atom stereocenters. The number of methoxy groups -OCH3 is 2. The molecule has 1 aromatic heterocycles. The van der Waals surface area contributed by atoms with Gasteiger partial charge in [0.1, 0.15) is 0 Å². The van der Waals surface area contributed by atoms with Crippen molar-refractivity contribution in [3.05, 3.63) is 46.7 Å². The van der Waals surface area contributed by atoms with E-state index in [1.54, 1.807) is 14.2 Å². The Morgan fingerprint density at radius 3 is 2.62 bits per heavy atom. The summed E-state index contributed by atoms with van der Waals surface area (Å²) in [5, 5.41) is 0. The Bertz CT molecular complexity index is 461. The van der Waals surface area contributed by atoms with Gasteiger partial charge in [0.15, 0.2) is 11.5 Å². The predicted octanol–water partition coefficient (Wildman–Crippen LogP) is 2.46. The molecule has 0 spiro atoms. The Labute approximate surface area is 95.4 Å². The number of hydrogen-bond acceptors (Lipinski definition) is 3. The highest BCUT2D eigenvalue weighted by Gasteiger charge is 2.14. The van der Waals surface area contributed by atoms with Gasteiger partial charge in [-0.05, 0) is 36.6 Å². The van der Waals surface area contributed by atoms with Gasteiger partial charge in [0.05, 0.1) is 19.9 Å². The molecule has 16 heavy (non-hydrogen) atoms. The summed E-state index contributed by atoms with van der Waals surface area (Å²) < 4.78 is 10.6. The number of nitrogens with zero attached hydrogens (tertiary/aromatic N) is 1. The van der Waals surface area contributed by atoms with Gasteiger partial charge in [-0.15, -0.1) is 0 Å². The monoisotopic (exact) mass is 217 g/mol. The molecule has 3 heteroatoms. The summed E-state index contributed by atoms with van der Waals surface area (Å²) in [4.78, 5) is 4.36. The first-order valence-corrected chi connectivity index (χ1v) is 5.21. The van der Waals surface area contributed by atoms with Crippen LogP contribution in [-0.4, -0.2) is 19.2 Å². The van der Waals surface area contributed by atoms with E-state index in [1.165, 1.54) is 11.1 Å². The molecule has 84 valence electrons. The first-order chi connectivity index (χ1) is 7.76. The lowest BCUT2D eigenvalue weighted by atomic mass is 10.1. The molecule has 1 aromatic rings. The Morgan fingerprint density at radius 2 is 1.94 bits per heavy atom. The second kappa shape index (κ2) is 4.39. The lowest BCUT2D eigenvalue weighted by Crippen LogP contribution is -1.94. The van der Waals surface area contributed by atoms with Gasteiger partial charge in [-0.1, -0.05) is 0 Å². The zero-order valence-corrected chi connectivity index (χ0v) is 9.78. The maximum absolute atomic E-state index is 5.30. The first-order valence-electron chi connectivity index (χ1n) is 5.21. The number of aromatic nitrogens is 1. The van der Waals surface area contributed by atoms with Crippen molar-refractivity contribution in [1.29, 1.82) is 0 Å². The summed E-state index contributed by atoms with van der Waals surface area (Å²) >= 11 is 0. The van der Waals surface area contributed by atoms with E-state index < -0.39 is 0 Å². The second-order valence-corrected chi connectivity index (χ2v) is 3.68. The summed E-state index contributed by atoms with van der Waals surface area (Å²) in [5.41, 5.74) is 3.43. The van der Waals surface area contributed by atoms with Crippen LogP contribution in [0, 0.1) is 6.92 Å². The van der Waals surface area contributed by atoms with Gasteiger partial charge in [0, 0.05) is 12.3 Å². The molecule has 0 aromatic carbocycles. The minimum absolute atomic E-state index is 0.722. The quantitative estimate of drug-likeness (QED) is 0.762. The molecule has 0 amide bonds. The van der Waals surface area contributed by atoms with Crippen LogP contribution in [0.2, 0.25) is 0 Å². The maximum Gasteiger partial charge on any atom is 0.162 e. The van der Waals surface area contributed by atoms with Gasteiger partial charge in [0.2, 0.25) is 0 Å². The number of fused-ring (bicyclic) bond motifs is 1. The summed E-state index contributed by atoms with van der Waals surface area (Å²) in [7, 11) is 3.29. The van der Waals surface area contributed by atoms with Crippen LogP contribution < -0.4 is 0 Å². The fraction of sp³-hybridized carbons (Fsp3) is 0.308. The van der Waals surface area contributed by atoms with Crippen molar-refractivity contribution in [2.45, 2.75) is 13.3 Å². The van der Waals surface area contributed by atoms with Crippen LogP contribution in [0.4, 0.5) is 0 Å². The lowest BCUT2D eigenvalue weighted by Gasteiger charge is -2.07. The molecule has 0 unspecified atom stereocenters. The van der Waals surface area contributed by atoms with Crippen LogP contribution in [0.25, 0.3) is 6.08 Å². The van der Waals surface area contributed by atoms with Gasteiger partial charge in [-0.2, -0.15) is 0 Å². The lowest BCUT2D eigenvalue weighted by molar-refractivity contribution is 0.222. The SMILES string of the molecule is COC1=CCc2c(C)ccnc2C=C1OC. The van der Waals surface area contributed by atoms with Gasteiger partial charge in [-0.25, -0.2) is 0 Å². The molecule has 0 bridgehead atoms. The highest BCUT2D eigenvalue weighted by atomic mass is 16.5. The van der Waals surface area contributed by atoms with Gasteiger partial charge in [0.25, 0.3) is 0 Å². The first kappa shape index (κ1) is 10.7. The smallest absolute Gasteiger partial charge is 0.162 e. The number of rotatable bonds is 2. The molecule has 0 saturated heterocycles. The number of ether oxygens (including phenoxy) is 2. The summed E-state index contributed by atoms with van der Waals surface area (Å²) in [6.07, 6.45) is 6.58. The second-order valence-electron chi connectivity index (χ2n) is 3.68. The summed E-state index contributed by atoms with van der Waals surface area (Å²) in [5.74, 6) is 1.49. The van der Waals surface area contributed by atoms with Crippen LogP contribution >= 0.6 is 0 Å². The molecule has 0 saturated carbocycles. The van der Waals surface area contributed by atoms with Crippen LogP contribution in [0.5, 0.6) is 0 Å². The third-order valence-corrected chi connectivity index (χ3v) is 2.77. The maximum atomic E-state index is 5.30. The van der Waals surface area contributed by atoms with Crippen LogP contribution in [0.15, 0.2) is 29.9 Å². The van der Waals surface area contributed by atoms with E-state index in [0.717, 1.165) is 23.6 Å². The average Bonchev–Trinajstić information content (AvgIpc) is 2.48. The fourth-order valence-corrected chi connectivity index (χ4v) is 1.83. The number of pyridine rings is 1. The molecule has 1 heterocycles. The molecule has 0 radical (unpaired) electrons. The van der Waals surface area contributed by atoms with Gasteiger partial charge in [-0.3, -0.25) is 4.98 Å². The highest BCUT2D eigenvalue weighted by molar-refractivity contribution is 5.59. The minimum atomic E-state index is 0.722. The number of aryl methyl sites for hydroxylation is 1. The van der Waals surface area contributed by atoms with E-state index in [0.29, 0.717) is 0 Å². The number of hydrogen-bond donors (Lipinski definition) is 0. The Morgan fingerprint density at radius 1 is 1.19 bits per heavy atom. The van der Waals surface area contributed by atoms with E-state index in [2.05, 4.69) is 11.9 Å². The molecule has 2 rings (SSSR count). The van der Waals surface area contributed by atoms with Crippen molar-refractivity contribution in [3.8, 4) is 0 Å². The van der Waals surface area contributed by atoms with E-state index in [1.807, 2.05) is 24.4 Å². The molecule has 1 aliphatic carbocycles. The molecule has 0 fully saturated rings. The van der Waals surface area contributed by atoms with Crippen molar-refractivity contribution in [3.63, 3.8) is 0 Å². The molecular formula is C13H15NO2. The van der Waals surface area contributed by atoms with E-state index >= 15 is 0 Å². The largest absolute Gasteiger partial charge is 0.493 e. The normalized spacial score (nSPS) is 14.4. The van der Waals surface area contributed by atoms with Gasteiger partial charge >= 0.3 is 0 Å². The average molecular weight is 217 g/mol. The van der Waals surface area contributed by atoms with Crippen molar-refractivity contribution in [2.75, 3.05) is 14.2 Å². The van der Waals surface area contributed by atoms with Gasteiger partial charge < -0.3 is 9.47 Å². The standard InChI is InChI=1S/C13H15NO2/c1-9-6-7-14-11-8-13(16-3)12(15-2)5-4-10(9)11/h5-8H,4H2,1-3H3. The minimum Gasteiger partial charge on any atom is -0.493 e. The van der Waals surface area contributed by atoms with Crippen molar-refractivity contribution in [1.82, 2.24) is 4.98 Å². The van der Waals surface area contributed by atoms with Crippen molar-refractivity contribution < 1.29 is 9.47 Å². The molecule has 0 N–H and O–H groups in total. The third-order valence-electron chi connectivity index (χ3n) is 2.77. The molecule has 1 aliphatic rings. The topological polar surface area (TPSA) is 31.4 Å². The number of allylic oxidation sites excluding steroid dienone is 1. The molecule has 0 aliphatic heterocycles.